The van der Waals surface area contributed by atoms with Crippen LogP contribution in [0, 0.1) is 0 Å². The number of rotatable bonds is 7. The summed E-state index contributed by atoms with van der Waals surface area (Å²) < 4.78 is 11.4. The number of halogens is 2. The first-order valence-electron chi connectivity index (χ1n) is 9.59. The molecule has 0 saturated carbocycles. The van der Waals surface area contributed by atoms with Crippen molar-refractivity contribution in [1.29, 1.82) is 0 Å². The van der Waals surface area contributed by atoms with Gasteiger partial charge in [-0.1, -0.05) is 65.7 Å². The van der Waals surface area contributed by atoms with Gasteiger partial charge in [0, 0.05) is 22.8 Å². The van der Waals surface area contributed by atoms with Gasteiger partial charge in [0.2, 0.25) is 0 Å². The minimum atomic E-state index is 0.415. The maximum absolute atomic E-state index is 6.49. The summed E-state index contributed by atoms with van der Waals surface area (Å²) in [6.45, 7) is 0.940. The minimum Gasteiger partial charge on any atom is -0.497 e. The summed E-state index contributed by atoms with van der Waals surface area (Å²) in [5, 5.41) is 6.80. The Hall–Kier alpha value is -2.88. The third kappa shape index (κ3) is 4.64. The zero-order valence-corrected chi connectivity index (χ0v) is 18.0. The van der Waals surface area contributed by atoms with Crippen molar-refractivity contribution in [1.82, 2.24) is 0 Å². The van der Waals surface area contributed by atoms with Crippen molar-refractivity contribution in [2.45, 2.75) is 13.2 Å². The van der Waals surface area contributed by atoms with E-state index in [1.54, 1.807) is 13.2 Å². The molecule has 0 amide bonds. The maximum atomic E-state index is 6.49. The van der Waals surface area contributed by atoms with Crippen molar-refractivity contribution in [3.63, 3.8) is 0 Å². The Labute approximate surface area is 186 Å². The number of methoxy groups -OCH3 is 1. The van der Waals surface area contributed by atoms with E-state index in [0.29, 0.717) is 28.9 Å². The Morgan fingerprint density at radius 2 is 1.60 bits per heavy atom. The van der Waals surface area contributed by atoms with Gasteiger partial charge in [0.05, 0.1) is 12.1 Å². The molecule has 0 spiro atoms. The van der Waals surface area contributed by atoms with Crippen LogP contribution in [0.15, 0.2) is 78.9 Å². The van der Waals surface area contributed by atoms with E-state index in [4.69, 9.17) is 32.7 Å². The monoisotopic (exact) mass is 437 g/mol. The molecule has 0 atom stereocenters. The number of nitrogens with one attached hydrogen (secondary N) is 1. The quantitative estimate of drug-likeness (QED) is 0.327. The van der Waals surface area contributed by atoms with Gasteiger partial charge in [-0.2, -0.15) is 0 Å². The normalized spacial score (nSPS) is 10.8. The van der Waals surface area contributed by atoms with Crippen LogP contribution in [0.5, 0.6) is 11.5 Å². The Morgan fingerprint density at radius 3 is 2.40 bits per heavy atom. The fourth-order valence-corrected chi connectivity index (χ4v) is 3.97. The number of ether oxygens (including phenoxy) is 2. The molecule has 0 radical (unpaired) electrons. The SMILES string of the molecule is COc1ccc(NCc2cc(Cl)cc(Cl)c2OCc2cccc3ccccc23)cc1. The summed E-state index contributed by atoms with van der Waals surface area (Å²) >= 11 is 12.7. The molecule has 152 valence electrons. The van der Waals surface area contributed by atoms with Crippen LogP contribution in [0.4, 0.5) is 5.69 Å². The fourth-order valence-electron chi connectivity index (χ4n) is 3.38. The van der Waals surface area contributed by atoms with Crippen molar-refractivity contribution in [2.24, 2.45) is 0 Å². The number of hydrogen-bond donors (Lipinski definition) is 1. The van der Waals surface area contributed by atoms with Crippen molar-refractivity contribution in [3.8, 4) is 11.5 Å². The summed E-state index contributed by atoms with van der Waals surface area (Å²) in [5.74, 6) is 1.44. The third-order valence-corrected chi connectivity index (χ3v) is 5.41. The smallest absolute Gasteiger partial charge is 0.143 e. The molecule has 0 fully saturated rings. The second-order valence-electron chi connectivity index (χ2n) is 6.88. The molecule has 4 rings (SSSR count). The van der Waals surface area contributed by atoms with Crippen LogP contribution >= 0.6 is 23.2 Å². The van der Waals surface area contributed by atoms with Gasteiger partial charge in [-0.05, 0) is 52.7 Å². The highest BCUT2D eigenvalue weighted by Gasteiger charge is 2.12. The molecule has 4 aromatic rings. The number of anilines is 1. The molecular weight excluding hydrogens is 417 g/mol. The average molecular weight is 438 g/mol. The van der Waals surface area contributed by atoms with Crippen molar-refractivity contribution in [3.05, 3.63) is 100 Å². The van der Waals surface area contributed by atoms with Crippen LogP contribution in [-0.2, 0) is 13.2 Å². The van der Waals surface area contributed by atoms with Gasteiger partial charge in [0.1, 0.15) is 18.1 Å². The summed E-state index contributed by atoms with van der Waals surface area (Å²) in [6, 6.07) is 25.8. The summed E-state index contributed by atoms with van der Waals surface area (Å²) in [7, 11) is 1.65. The molecule has 3 nitrogen and oxygen atoms in total. The lowest BCUT2D eigenvalue weighted by Crippen LogP contribution is -2.05. The van der Waals surface area contributed by atoms with E-state index >= 15 is 0 Å². The maximum Gasteiger partial charge on any atom is 0.143 e. The van der Waals surface area contributed by atoms with Crippen LogP contribution in [0.3, 0.4) is 0 Å². The van der Waals surface area contributed by atoms with E-state index in [-0.39, 0.29) is 0 Å². The molecule has 0 heterocycles. The molecule has 0 aliphatic heterocycles. The molecule has 30 heavy (non-hydrogen) atoms. The second-order valence-corrected chi connectivity index (χ2v) is 7.73. The van der Waals surface area contributed by atoms with Gasteiger partial charge in [0.15, 0.2) is 0 Å². The molecule has 0 saturated heterocycles. The molecule has 5 heteroatoms. The largest absolute Gasteiger partial charge is 0.497 e. The van der Waals surface area contributed by atoms with Gasteiger partial charge < -0.3 is 14.8 Å². The van der Waals surface area contributed by atoms with Crippen LogP contribution in [-0.4, -0.2) is 7.11 Å². The topological polar surface area (TPSA) is 30.5 Å². The van der Waals surface area contributed by atoms with E-state index in [1.807, 2.05) is 48.5 Å². The first-order chi connectivity index (χ1) is 14.6. The van der Waals surface area contributed by atoms with Gasteiger partial charge in [-0.25, -0.2) is 0 Å². The fraction of sp³-hybridized carbons (Fsp3) is 0.120. The first-order valence-corrected chi connectivity index (χ1v) is 10.3. The Kier molecular flexibility index (Phi) is 6.32. The highest BCUT2D eigenvalue weighted by atomic mass is 35.5. The molecule has 4 aromatic carbocycles. The van der Waals surface area contributed by atoms with Crippen LogP contribution in [0.25, 0.3) is 10.8 Å². The predicted octanol–water partition coefficient (Wildman–Crippen LogP) is 7.35. The van der Waals surface area contributed by atoms with E-state index in [2.05, 4.69) is 29.6 Å². The van der Waals surface area contributed by atoms with E-state index in [9.17, 15) is 0 Å². The van der Waals surface area contributed by atoms with Crippen molar-refractivity contribution < 1.29 is 9.47 Å². The van der Waals surface area contributed by atoms with Crippen molar-refractivity contribution >= 4 is 39.7 Å². The van der Waals surface area contributed by atoms with E-state index < -0.39 is 0 Å². The zero-order valence-electron chi connectivity index (χ0n) is 16.5. The van der Waals surface area contributed by atoms with Crippen LogP contribution in [0.2, 0.25) is 10.0 Å². The Balaban J connectivity index is 1.55. The highest BCUT2D eigenvalue weighted by molar-refractivity contribution is 6.35. The lowest BCUT2D eigenvalue weighted by atomic mass is 10.1. The molecular formula is C25H21Cl2NO2. The van der Waals surface area contributed by atoms with E-state index in [1.165, 1.54) is 10.8 Å². The molecule has 0 aliphatic carbocycles. The van der Waals surface area contributed by atoms with Crippen molar-refractivity contribution in [2.75, 3.05) is 12.4 Å². The third-order valence-electron chi connectivity index (χ3n) is 4.91. The average Bonchev–Trinajstić information content (AvgIpc) is 2.77. The summed E-state index contributed by atoms with van der Waals surface area (Å²) in [6.07, 6.45) is 0. The standard InChI is InChI=1S/C25H21Cl2NO2/c1-29-22-11-9-21(10-12-22)28-15-19-13-20(26)14-24(27)25(19)30-16-18-7-4-6-17-5-2-3-8-23(17)18/h2-14,28H,15-16H2,1H3. The minimum absolute atomic E-state index is 0.415. The highest BCUT2D eigenvalue weighted by Crippen LogP contribution is 2.34. The molecule has 0 bridgehead atoms. The second kappa shape index (κ2) is 9.29. The number of hydrogen-bond acceptors (Lipinski definition) is 3. The van der Waals surface area contributed by atoms with Gasteiger partial charge in [0.25, 0.3) is 0 Å². The molecule has 1 N–H and O–H groups in total. The molecule has 0 unspecified atom stereocenters. The lowest BCUT2D eigenvalue weighted by molar-refractivity contribution is 0.305. The van der Waals surface area contributed by atoms with Gasteiger partial charge >= 0.3 is 0 Å². The molecule has 0 aromatic heterocycles. The van der Waals surface area contributed by atoms with Crippen LogP contribution < -0.4 is 14.8 Å². The van der Waals surface area contributed by atoms with Gasteiger partial charge in [-0.15, -0.1) is 0 Å². The van der Waals surface area contributed by atoms with E-state index in [0.717, 1.165) is 22.6 Å². The van der Waals surface area contributed by atoms with Gasteiger partial charge in [-0.3, -0.25) is 0 Å². The Morgan fingerprint density at radius 1 is 0.833 bits per heavy atom. The Bertz CT molecular complexity index is 1150. The summed E-state index contributed by atoms with van der Waals surface area (Å²) in [5.41, 5.74) is 2.96. The lowest BCUT2D eigenvalue weighted by Gasteiger charge is -2.16. The summed E-state index contributed by atoms with van der Waals surface area (Å²) in [4.78, 5) is 0. The number of benzene rings is 4. The first kappa shape index (κ1) is 20.4. The van der Waals surface area contributed by atoms with Crippen LogP contribution in [0.1, 0.15) is 11.1 Å². The zero-order chi connectivity index (χ0) is 20.9. The molecule has 0 aliphatic rings. The predicted molar refractivity (Wildman–Crippen MR) is 125 cm³/mol. The number of fused-ring (bicyclic) bond motifs is 1.